The van der Waals surface area contributed by atoms with E-state index in [0.717, 1.165) is 6.42 Å². The van der Waals surface area contributed by atoms with Crippen molar-refractivity contribution in [3.63, 3.8) is 0 Å². The van der Waals surface area contributed by atoms with Gasteiger partial charge in [0, 0.05) is 0 Å². The molecule has 0 aliphatic rings. The molecule has 1 unspecified atom stereocenters. The molecule has 0 radical (unpaired) electrons. The highest BCUT2D eigenvalue weighted by Crippen LogP contribution is 2.02. The minimum absolute atomic E-state index is 0.679. The van der Waals surface area contributed by atoms with Crippen LogP contribution in [0.4, 0.5) is 0 Å². The predicted octanol–water partition coefficient (Wildman–Crippen LogP) is 2.25. The second kappa shape index (κ2) is 8.19. The maximum Gasteiger partial charge on any atom is 0.179 e. The van der Waals surface area contributed by atoms with Gasteiger partial charge in [-0.1, -0.05) is 26.2 Å². The van der Waals surface area contributed by atoms with Gasteiger partial charge in [-0.3, -0.25) is 4.57 Å². The summed E-state index contributed by atoms with van der Waals surface area (Å²) >= 11 is 0. The Hall–Kier alpha value is 0.190. The van der Waals surface area contributed by atoms with E-state index in [2.05, 4.69) is 6.92 Å². The molecular weight excluding hydrogens is 135 g/mol. The lowest BCUT2D eigenvalue weighted by molar-refractivity contribution is 0.329. The fourth-order valence-corrected chi connectivity index (χ4v) is 0.923. The standard InChI is InChI=1S/C6H15O2P/c1-2-3-4-5-6-8-9-7/h2-6,9H2,1H3. The molecule has 0 fully saturated rings. The zero-order chi connectivity index (χ0) is 6.95. The summed E-state index contributed by atoms with van der Waals surface area (Å²) in [5.74, 6) is 0. The van der Waals surface area contributed by atoms with Crippen LogP contribution in [-0.4, -0.2) is 6.61 Å². The first-order valence-electron chi connectivity index (χ1n) is 3.47. The molecule has 0 heterocycles. The van der Waals surface area contributed by atoms with Crippen molar-refractivity contribution in [3.05, 3.63) is 0 Å². The molecule has 56 valence electrons. The monoisotopic (exact) mass is 150 g/mol. The summed E-state index contributed by atoms with van der Waals surface area (Å²) in [6.45, 7) is 2.85. The van der Waals surface area contributed by atoms with E-state index < -0.39 is 8.69 Å². The summed E-state index contributed by atoms with van der Waals surface area (Å²) in [7, 11) is -0.975. The van der Waals surface area contributed by atoms with Crippen LogP contribution in [0.1, 0.15) is 32.6 Å². The number of unbranched alkanes of at least 4 members (excludes halogenated alkanes) is 3. The van der Waals surface area contributed by atoms with Crippen molar-refractivity contribution in [1.82, 2.24) is 0 Å². The molecule has 0 spiro atoms. The van der Waals surface area contributed by atoms with Gasteiger partial charge in [-0.15, -0.1) is 0 Å². The molecule has 3 heteroatoms. The minimum atomic E-state index is -0.975. The van der Waals surface area contributed by atoms with E-state index in [4.69, 9.17) is 4.52 Å². The predicted molar refractivity (Wildman–Crippen MR) is 40.5 cm³/mol. The van der Waals surface area contributed by atoms with Crippen LogP contribution in [0.5, 0.6) is 0 Å². The maximum atomic E-state index is 9.82. The molecule has 1 atom stereocenters. The van der Waals surface area contributed by atoms with E-state index in [1.165, 1.54) is 19.3 Å². The van der Waals surface area contributed by atoms with E-state index in [1.807, 2.05) is 0 Å². The van der Waals surface area contributed by atoms with Crippen LogP contribution < -0.4 is 0 Å². The van der Waals surface area contributed by atoms with Gasteiger partial charge >= 0.3 is 0 Å². The molecule has 2 nitrogen and oxygen atoms in total. The lowest BCUT2D eigenvalue weighted by Gasteiger charge is -1.94. The van der Waals surface area contributed by atoms with Crippen molar-refractivity contribution in [1.29, 1.82) is 0 Å². The topological polar surface area (TPSA) is 26.3 Å². The molecule has 0 saturated carbocycles. The Morgan fingerprint density at radius 3 is 2.67 bits per heavy atom. The zero-order valence-electron chi connectivity index (χ0n) is 5.93. The average Bonchev–Trinajstić information content (AvgIpc) is 1.89. The van der Waals surface area contributed by atoms with E-state index in [9.17, 15) is 4.57 Å². The molecule has 9 heavy (non-hydrogen) atoms. The van der Waals surface area contributed by atoms with Crippen molar-refractivity contribution < 1.29 is 9.09 Å². The van der Waals surface area contributed by atoms with Gasteiger partial charge in [-0.05, 0) is 6.42 Å². The maximum absolute atomic E-state index is 9.82. The van der Waals surface area contributed by atoms with Gasteiger partial charge in [0.05, 0.1) is 6.61 Å². The minimum Gasteiger partial charge on any atom is -0.332 e. The van der Waals surface area contributed by atoms with Gasteiger partial charge in [0.15, 0.2) is 8.69 Å². The molecular formula is C6H15O2P. The quantitative estimate of drug-likeness (QED) is 0.428. The molecule has 0 saturated heterocycles. The number of hydrogen-bond acceptors (Lipinski definition) is 2. The van der Waals surface area contributed by atoms with Gasteiger partial charge in [0.1, 0.15) is 0 Å². The summed E-state index contributed by atoms with van der Waals surface area (Å²) in [5, 5.41) is 0. The highest BCUT2D eigenvalue weighted by molar-refractivity contribution is 7.17. The zero-order valence-corrected chi connectivity index (χ0v) is 7.08. The van der Waals surface area contributed by atoms with E-state index >= 15 is 0 Å². The molecule has 0 aromatic heterocycles. The number of hydrogen-bond donors (Lipinski definition) is 0. The largest absolute Gasteiger partial charge is 0.332 e. The summed E-state index contributed by atoms with van der Waals surface area (Å²) in [6.07, 6.45) is 4.76. The van der Waals surface area contributed by atoms with Crippen LogP contribution >= 0.6 is 8.69 Å². The third-order valence-corrected chi connectivity index (χ3v) is 1.56. The normalized spacial score (nSPS) is 11.2. The van der Waals surface area contributed by atoms with Gasteiger partial charge in [0.2, 0.25) is 0 Å². The Kier molecular flexibility index (Phi) is 8.36. The van der Waals surface area contributed by atoms with Crippen LogP contribution in [0.3, 0.4) is 0 Å². The average molecular weight is 150 g/mol. The van der Waals surface area contributed by atoms with Gasteiger partial charge in [0.25, 0.3) is 0 Å². The van der Waals surface area contributed by atoms with E-state index in [0.29, 0.717) is 6.61 Å². The van der Waals surface area contributed by atoms with E-state index in [1.54, 1.807) is 0 Å². The lowest BCUT2D eigenvalue weighted by atomic mass is 10.2. The smallest absolute Gasteiger partial charge is 0.179 e. The Morgan fingerprint density at radius 1 is 1.33 bits per heavy atom. The Bertz CT molecular complexity index is 66.1. The van der Waals surface area contributed by atoms with Crippen LogP contribution in [0.2, 0.25) is 0 Å². The van der Waals surface area contributed by atoms with Crippen LogP contribution in [0, 0.1) is 0 Å². The third-order valence-electron chi connectivity index (χ3n) is 1.18. The summed E-state index contributed by atoms with van der Waals surface area (Å²) in [5.41, 5.74) is 0. The van der Waals surface area contributed by atoms with Crippen molar-refractivity contribution in [2.45, 2.75) is 32.6 Å². The fourth-order valence-electron chi connectivity index (χ4n) is 0.660. The van der Waals surface area contributed by atoms with Gasteiger partial charge in [-0.25, -0.2) is 0 Å². The Labute approximate surface area is 57.9 Å². The van der Waals surface area contributed by atoms with Crippen LogP contribution in [0.15, 0.2) is 0 Å². The molecule has 0 aliphatic heterocycles. The Morgan fingerprint density at radius 2 is 2.11 bits per heavy atom. The summed E-state index contributed by atoms with van der Waals surface area (Å²) < 4.78 is 14.5. The van der Waals surface area contributed by atoms with Crippen molar-refractivity contribution in [2.24, 2.45) is 0 Å². The molecule has 0 aromatic rings. The van der Waals surface area contributed by atoms with Gasteiger partial charge in [-0.2, -0.15) is 0 Å². The van der Waals surface area contributed by atoms with Crippen LogP contribution in [0.25, 0.3) is 0 Å². The molecule has 0 N–H and O–H groups in total. The highest BCUT2D eigenvalue weighted by Gasteiger charge is 1.85. The summed E-state index contributed by atoms with van der Waals surface area (Å²) in [4.78, 5) is 0. The summed E-state index contributed by atoms with van der Waals surface area (Å²) in [6, 6.07) is 0. The molecule has 0 aliphatic carbocycles. The van der Waals surface area contributed by atoms with Crippen molar-refractivity contribution >= 4 is 8.69 Å². The first-order chi connectivity index (χ1) is 4.41. The lowest BCUT2D eigenvalue weighted by Crippen LogP contribution is -1.83. The van der Waals surface area contributed by atoms with Crippen LogP contribution in [-0.2, 0) is 9.09 Å². The van der Waals surface area contributed by atoms with Gasteiger partial charge < -0.3 is 4.52 Å². The fraction of sp³-hybridized carbons (Fsp3) is 1.00. The molecule has 0 amide bonds. The Balaban J connectivity index is 2.66. The highest BCUT2D eigenvalue weighted by atomic mass is 31.1. The van der Waals surface area contributed by atoms with Crippen molar-refractivity contribution in [2.75, 3.05) is 6.61 Å². The first kappa shape index (κ1) is 9.19. The van der Waals surface area contributed by atoms with E-state index in [-0.39, 0.29) is 0 Å². The second-order valence-corrected chi connectivity index (χ2v) is 2.55. The number of rotatable bonds is 6. The molecule has 0 aromatic carbocycles. The third kappa shape index (κ3) is 8.19. The first-order valence-corrected chi connectivity index (χ1v) is 4.41. The molecule has 0 bridgehead atoms. The molecule has 0 rings (SSSR count). The van der Waals surface area contributed by atoms with Crippen molar-refractivity contribution in [3.8, 4) is 0 Å². The SMILES string of the molecule is CCCCCCO[PH2]=O. The second-order valence-electron chi connectivity index (χ2n) is 2.03.